The number of halogens is 3. The normalized spacial score (nSPS) is 12.3. The molecule has 1 heterocycles. The van der Waals surface area contributed by atoms with Crippen LogP contribution in [0.5, 0.6) is 0 Å². The highest BCUT2D eigenvalue weighted by atomic mass is 19.4. The largest absolute Gasteiger partial charge is 0.417 e. The lowest BCUT2D eigenvalue weighted by Crippen LogP contribution is -2.25. The molecule has 2 rings (SSSR count). The first-order valence-electron chi connectivity index (χ1n) is 6.85. The minimum atomic E-state index is -4.49. The van der Waals surface area contributed by atoms with Gasteiger partial charge in [-0.25, -0.2) is 0 Å². The van der Waals surface area contributed by atoms with E-state index in [4.69, 9.17) is 0 Å². The molecule has 0 N–H and O–H groups in total. The highest BCUT2D eigenvalue weighted by Crippen LogP contribution is 2.29. The van der Waals surface area contributed by atoms with E-state index in [-0.39, 0.29) is 11.6 Å². The van der Waals surface area contributed by atoms with Crippen LogP contribution in [0.4, 0.5) is 13.2 Å². The first-order valence-corrected chi connectivity index (χ1v) is 6.85. The summed E-state index contributed by atoms with van der Waals surface area (Å²) in [5.74, 6) is 0. The van der Waals surface area contributed by atoms with Crippen molar-refractivity contribution in [3.05, 3.63) is 69.6 Å². The van der Waals surface area contributed by atoms with E-state index in [0.29, 0.717) is 0 Å². The molecule has 0 fully saturated rings. The number of hydrogen-bond donors (Lipinski definition) is 0. The second-order valence-corrected chi connectivity index (χ2v) is 5.23. The monoisotopic (exact) mass is 307 g/mol. The lowest BCUT2D eigenvalue weighted by atomic mass is 10.1. The van der Waals surface area contributed by atoms with Gasteiger partial charge in [-0.2, -0.15) is 13.2 Å². The third-order valence-corrected chi connectivity index (χ3v) is 3.21. The Kier molecular flexibility index (Phi) is 4.54. The SMILES string of the molecule is CC(C)n1cc(C(F)(F)F)cc(/C=C/c2ccccc2)c1=O. The Bertz CT molecular complexity index is 728. The van der Waals surface area contributed by atoms with Crippen LogP contribution in [0.15, 0.2) is 47.4 Å². The van der Waals surface area contributed by atoms with Gasteiger partial charge in [0.15, 0.2) is 0 Å². The van der Waals surface area contributed by atoms with Gasteiger partial charge in [0, 0.05) is 17.8 Å². The van der Waals surface area contributed by atoms with Crippen molar-refractivity contribution >= 4 is 12.2 Å². The Hall–Kier alpha value is -2.30. The average Bonchev–Trinajstić information content (AvgIpc) is 2.45. The Morgan fingerprint density at radius 1 is 1.09 bits per heavy atom. The molecule has 0 radical (unpaired) electrons. The minimum absolute atomic E-state index is 0.0207. The zero-order valence-corrected chi connectivity index (χ0v) is 12.3. The van der Waals surface area contributed by atoms with Crippen molar-refractivity contribution in [2.75, 3.05) is 0 Å². The molecule has 0 unspecified atom stereocenters. The topological polar surface area (TPSA) is 22.0 Å². The lowest BCUT2D eigenvalue weighted by Gasteiger charge is -2.15. The number of alkyl halides is 3. The second-order valence-electron chi connectivity index (χ2n) is 5.23. The molecular formula is C17H16F3NO. The van der Waals surface area contributed by atoms with Crippen LogP contribution in [0.25, 0.3) is 12.2 Å². The van der Waals surface area contributed by atoms with Crippen molar-refractivity contribution < 1.29 is 13.2 Å². The lowest BCUT2D eigenvalue weighted by molar-refractivity contribution is -0.138. The van der Waals surface area contributed by atoms with Gasteiger partial charge in [-0.3, -0.25) is 4.79 Å². The van der Waals surface area contributed by atoms with E-state index in [0.717, 1.165) is 22.4 Å². The molecular weight excluding hydrogens is 291 g/mol. The molecule has 2 nitrogen and oxygen atoms in total. The van der Waals surface area contributed by atoms with E-state index >= 15 is 0 Å². The quantitative estimate of drug-likeness (QED) is 0.811. The second kappa shape index (κ2) is 6.22. The molecule has 5 heteroatoms. The first-order chi connectivity index (χ1) is 10.3. The van der Waals surface area contributed by atoms with Crippen molar-refractivity contribution in [2.24, 2.45) is 0 Å². The molecule has 0 spiro atoms. The highest BCUT2D eigenvalue weighted by Gasteiger charge is 2.32. The molecule has 116 valence electrons. The molecule has 0 saturated carbocycles. The average molecular weight is 307 g/mol. The smallest absolute Gasteiger partial charge is 0.312 e. The predicted molar refractivity (Wildman–Crippen MR) is 81.5 cm³/mol. The van der Waals surface area contributed by atoms with Crippen LogP contribution in [-0.2, 0) is 6.18 Å². The molecule has 2 aromatic rings. The van der Waals surface area contributed by atoms with Crippen LogP contribution in [0.1, 0.15) is 36.6 Å². The molecule has 0 atom stereocenters. The van der Waals surface area contributed by atoms with E-state index < -0.39 is 17.3 Å². The van der Waals surface area contributed by atoms with Crippen molar-refractivity contribution in [2.45, 2.75) is 26.1 Å². The van der Waals surface area contributed by atoms with Crippen molar-refractivity contribution in [1.29, 1.82) is 0 Å². The van der Waals surface area contributed by atoms with Crippen molar-refractivity contribution in [3.63, 3.8) is 0 Å². The van der Waals surface area contributed by atoms with Gasteiger partial charge in [-0.05, 0) is 31.6 Å². The fourth-order valence-electron chi connectivity index (χ4n) is 2.03. The van der Waals surface area contributed by atoms with E-state index in [9.17, 15) is 18.0 Å². The summed E-state index contributed by atoms with van der Waals surface area (Å²) in [6, 6.07) is 9.64. The summed E-state index contributed by atoms with van der Waals surface area (Å²) >= 11 is 0. The van der Waals surface area contributed by atoms with Gasteiger partial charge in [-0.15, -0.1) is 0 Å². The standard InChI is InChI=1S/C17H16F3NO/c1-12(2)21-11-15(17(18,19)20)10-14(16(21)22)9-8-13-6-4-3-5-7-13/h3-12H,1-2H3/b9-8+. The van der Waals surface area contributed by atoms with Crippen LogP contribution in [-0.4, -0.2) is 4.57 Å². The van der Waals surface area contributed by atoms with E-state index in [2.05, 4.69) is 0 Å². The van der Waals surface area contributed by atoms with Crippen LogP contribution >= 0.6 is 0 Å². The van der Waals surface area contributed by atoms with E-state index in [1.807, 2.05) is 30.3 Å². The van der Waals surface area contributed by atoms with Gasteiger partial charge in [0.05, 0.1) is 5.56 Å². The van der Waals surface area contributed by atoms with Crippen LogP contribution in [0.3, 0.4) is 0 Å². The van der Waals surface area contributed by atoms with Gasteiger partial charge >= 0.3 is 6.18 Å². The summed E-state index contributed by atoms with van der Waals surface area (Å²) in [4.78, 5) is 12.3. The molecule has 22 heavy (non-hydrogen) atoms. The molecule has 0 aliphatic heterocycles. The van der Waals surface area contributed by atoms with E-state index in [1.165, 1.54) is 6.08 Å². The summed E-state index contributed by atoms with van der Waals surface area (Å²) in [7, 11) is 0. The van der Waals surface area contributed by atoms with Crippen molar-refractivity contribution in [1.82, 2.24) is 4.57 Å². The maximum absolute atomic E-state index is 13.0. The Morgan fingerprint density at radius 2 is 1.73 bits per heavy atom. The fourth-order valence-corrected chi connectivity index (χ4v) is 2.03. The molecule has 0 saturated heterocycles. The van der Waals surface area contributed by atoms with Crippen LogP contribution in [0, 0.1) is 0 Å². The summed E-state index contributed by atoms with van der Waals surface area (Å²) < 4.78 is 40.0. The van der Waals surface area contributed by atoms with Gasteiger partial charge in [0.2, 0.25) is 0 Å². The zero-order valence-electron chi connectivity index (χ0n) is 12.3. The number of hydrogen-bond acceptors (Lipinski definition) is 1. The fraction of sp³-hybridized carbons (Fsp3) is 0.235. The Labute approximate surface area is 126 Å². The predicted octanol–water partition coefficient (Wildman–Crippen LogP) is 4.62. The number of rotatable bonds is 3. The maximum Gasteiger partial charge on any atom is 0.417 e. The van der Waals surface area contributed by atoms with Gasteiger partial charge in [-0.1, -0.05) is 36.4 Å². The van der Waals surface area contributed by atoms with Crippen LogP contribution < -0.4 is 5.56 Å². The van der Waals surface area contributed by atoms with Gasteiger partial charge < -0.3 is 4.57 Å². The molecule has 0 amide bonds. The summed E-state index contributed by atoms with van der Waals surface area (Å²) in [6.07, 6.45) is -0.570. The van der Waals surface area contributed by atoms with E-state index in [1.54, 1.807) is 19.9 Å². The number of pyridine rings is 1. The highest BCUT2D eigenvalue weighted by molar-refractivity contribution is 5.69. The number of benzene rings is 1. The Morgan fingerprint density at radius 3 is 2.27 bits per heavy atom. The molecule has 1 aromatic heterocycles. The summed E-state index contributed by atoms with van der Waals surface area (Å²) in [5.41, 5.74) is -0.425. The van der Waals surface area contributed by atoms with Gasteiger partial charge in [0.1, 0.15) is 0 Å². The summed E-state index contributed by atoms with van der Waals surface area (Å²) in [5, 5.41) is 0. The molecule has 0 bridgehead atoms. The van der Waals surface area contributed by atoms with Crippen LogP contribution in [0.2, 0.25) is 0 Å². The third kappa shape index (κ3) is 3.67. The zero-order chi connectivity index (χ0) is 16.3. The summed E-state index contributed by atoms with van der Waals surface area (Å²) in [6.45, 7) is 3.35. The van der Waals surface area contributed by atoms with Gasteiger partial charge in [0.25, 0.3) is 5.56 Å². The number of aromatic nitrogens is 1. The first kappa shape index (κ1) is 16.1. The Balaban J connectivity index is 2.53. The minimum Gasteiger partial charge on any atom is -0.312 e. The molecule has 1 aromatic carbocycles. The van der Waals surface area contributed by atoms with Crippen molar-refractivity contribution in [3.8, 4) is 0 Å². The molecule has 0 aliphatic carbocycles. The number of nitrogens with zero attached hydrogens (tertiary/aromatic N) is 1. The maximum atomic E-state index is 13.0. The third-order valence-electron chi connectivity index (χ3n) is 3.21. The molecule has 0 aliphatic rings.